The Labute approximate surface area is 81.6 Å². The summed E-state index contributed by atoms with van der Waals surface area (Å²) in [7, 11) is 0. The highest BCUT2D eigenvalue weighted by Crippen LogP contribution is 2.42. The SMILES string of the molecule is CCC(C)CNC1CC2CC=CC21. The average Bonchev–Trinajstić information content (AvgIpc) is 2.47. The summed E-state index contributed by atoms with van der Waals surface area (Å²) >= 11 is 0. The minimum Gasteiger partial charge on any atom is -0.313 e. The second kappa shape index (κ2) is 3.83. The van der Waals surface area contributed by atoms with Crippen LogP contribution in [-0.2, 0) is 0 Å². The molecule has 0 aromatic heterocycles. The molecule has 1 heteroatoms. The van der Waals surface area contributed by atoms with E-state index in [0.29, 0.717) is 0 Å². The maximum Gasteiger partial charge on any atom is 0.0136 e. The van der Waals surface area contributed by atoms with Crippen LogP contribution in [0.15, 0.2) is 12.2 Å². The van der Waals surface area contributed by atoms with Crippen LogP contribution in [-0.4, -0.2) is 12.6 Å². The number of hydrogen-bond acceptors (Lipinski definition) is 1. The molecule has 1 saturated carbocycles. The van der Waals surface area contributed by atoms with Gasteiger partial charge in [-0.2, -0.15) is 0 Å². The third kappa shape index (κ3) is 1.80. The molecule has 0 spiro atoms. The quantitative estimate of drug-likeness (QED) is 0.654. The molecule has 1 nitrogen and oxygen atoms in total. The lowest BCUT2D eigenvalue weighted by Gasteiger charge is -2.41. The van der Waals surface area contributed by atoms with E-state index < -0.39 is 0 Å². The highest BCUT2D eigenvalue weighted by Gasteiger charge is 2.40. The first kappa shape index (κ1) is 9.26. The lowest BCUT2D eigenvalue weighted by molar-refractivity contribution is 0.158. The van der Waals surface area contributed by atoms with E-state index in [0.717, 1.165) is 23.8 Å². The molecule has 0 bridgehead atoms. The molecule has 0 radical (unpaired) electrons. The van der Waals surface area contributed by atoms with Gasteiger partial charge >= 0.3 is 0 Å². The van der Waals surface area contributed by atoms with Gasteiger partial charge in [0.25, 0.3) is 0 Å². The van der Waals surface area contributed by atoms with Crippen LogP contribution in [0.2, 0.25) is 0 Å². The summed E-state index contributed by atoms with van der Waals surface area (Å²) in [6.07, 6.45) is 8.83. The highest BCUT2D eigenvalue weighted by atomic mass is 14.9. The maximum absolute atomic E-state index is 3.69. The minimum absolute atomic E-state index is 0.803. The van der Waals surface area contributed by atoms with Gasteiger partial charge in [-0.25, -0.2) is 0 Å². The molecule has 0 aromatic rings. The zero-order chi connectivity index (χ0) is 9.26. The third-order valence-electron chi connectivity index (χ3n) is 3.79. The summed E-state index contributed by atoms with van der Waals surface area (Å²) in [6.45, 7) is 5.80. The second-order valence-corrected chi connectivity index (χ2v) is 4.77. The molecule has 13 heavy (non-hydrogen) atoms. The van der Waals surface area contributed by atoms with Crippen LogP contribution in [0, 0.1) is 17.8 Å². The monoisotopic (exact) mass is 179 g/mol. The van der Waals surface area contributed by atoms with E-state index in [4.69, 9.17) is 0 Å². The number of nitrogens with one attached hydrogen (secondary N) is 1. The van der Waals surface area contributed by atoms with Crippen molar-refractivity contribution in [2.24, 2.45) is 17.8 Å². The van der Waals surface area contributed by atoms with Gasteiger partial charge in [-0.3, -0.25) is 0 Å². The number of hydrogen-bond donors (Lipinski definition) is 1. The molecule has 0 saturated heterocycles. The number of fused-ring (bicyclic) bond motifs is 1. The summed E-state index contributed by atoms with van der Waals surface area (Å²) in [5.74, 6) is 2.71. The van der Waals surface area contributed by atoms with Crippen LogP contribution < -0.4 is 5.32 Å². The molecule has 0 aliphatic heterocycles. The Balaban J connectivity index is 1.69. The van der Waals surface area contributed by atoms with E-state index in [-0.39, 0.29) is 0 Å². The van der Waals surface area contributed by atoms with E-state index in [9.17, 15) is 0 Å². The Kier molecular flexibility index (Phi) is 2.73. The third-order valence-corrected chi connectivity index (χ3v) is 3.79. The van der Waals surface area contributed by atoms with Crippen molar-refractivity contribution in [2.75, 3.05) is 6.54 Å². The lowest BCUT2D eigenvalue weighted by Crippen LogP contribution is -2.49. The molecule has 2 rings (SSSR count). The summed E-state index contributed by atoms with van der Waals surface area (Å²) in [5, 5.41) is 3.69. The molecule has 4 unspecified atom stereocenters. The molecule has 0 heterocycles. The van der Waals surface area contributed by atoms with Crippen LogP contribution in [0.5, 0.6) is 0 Å². The Morgan fingerprint density at radius 2 is 2.38 bits per heavy atom. The maximum atomic E-state index is 3.69. The van der Waals surface area contributed by atoms with Crippen molar-refractivity contribution >= 4 is 0 Å². The Hall–Kier alpha value is -0.300. The van der Waals surface area contributed by atoms with E-state index in [1.807, 2.05) is 0 Å². The van der Waals surface area contributed by atoms with Crippen molar-refractivity contribution in [3.63, 3.8) is 0 Å². The largest absolute Gasteiger partial charge is 0.313 e. The lowest BCUT2D eigenvalue weighted by atomic mass is 9.71. The molecule has 74 valence electrons. The summed E-state index contributed by atoms with van der Waals surface area (Å²) in [5.41, 5.74) is 0. The van der Waals surface area contributed by atoms with Crippen molar-refractivity contribution in [3.8, 4) is 0 Å². The number of allylic oxidation sites excluding steroid dienone is 1. The van der Waals surface area contributed by atoms with Crippen LogP contribution >= 0.6 is 0 Å². The summed E-state index contributed by atoms with van der Waals surface area (Å²) in [6, 6.07) is 0.803. The van der Waals surface area contributed by atoms with Crippen LogP contribution in [0.4, 0.5) is 0 Å². The van der Waals surface area contributed by atoms with Crippen molar-refractivity contribution in [3.05, 3.63) is 12.2 Å². The fourth-order valence-corrected chi connectivity index (χ4v) is 2.44. The Morgan fingerprint density at radius 1 is 1.54 bits per heavy atom. The number of rotatable bonds is 4. The molecular formula is C12H21N. The van der Waals surface area contributed by atoms with Gasteiger partial charge in [0.15, 0.2) is 0 Å². The van der Waals surface area contributed by atoms with Gasteiger partial charge in [0, 0.05) is 6.04 Å². The molecule has 2 aliphatic rings. The first-order valence-corrected chi connectivity index (χ1v) is 5.71. The summed E-state index contributed by atoms with van der Waals surface area (Å²) in [4.78, 5) is 0. The van der Waals surface area contributed by atoms with Gasteiger partial charge in [-0.1, -0.05) is 32.4 Å². The zero-order valence-corrected chi connectivity index (χ0v) is 8.79. The average molecular weight is 179 g/mol. The van der Waals surface area contributed by atoms with E-state index in [1.165, 1.54) is 25.8 Å². The van der Waals surface area contributed by atoms with E-state index in [2.05, 4.69) is 31.3 Å². The van der Waals surface area contributed by atoms with Crippen LogP contribution in [0.25, 0.3) is 0 Å². The molecule has 2 aliphatic carbocycles. The van der Waals surface area contributed by atoms with E-state index in [1.54, 1.807) is 0 Å². The molecule has 1 N–H and O–H groups in total. The highest BCUT2D eigenvalue weighted by molar-refractivity contribution is 5.12. The predicted molar refractivity (Wildman–Crippen MR) is 56.6 cm³/mol. The molecule has 1 fully saturated rings. The Morgan fingerprint density at radius 3 is 3.08 bits per heavy atom. The molecule has 0 aromatic carbocycles. The van der Waals surface area contributed by atoms with Gasteiger partial charge in [-0.15, -0.1) is 0 Å². The van der Waals surface area contributed by atoms with Crippen LogP contribution in [0.3, 0.4) is 0 Å². The van der Waals surface area contributed by atoms with Gasteiger partial charge in [0.2, 0.25) is 0 Å². The van der Waals surface area contributed by atoms with Gasteiger partial charge in [-0.05, 0) is 37.1 Å². The smallest absolute Gasteiger partial charge is 0.0136 e. The summed E-state index contributed by atoms with van der Waals surface area (Å²) < 4.78 is 0. The predicted octanol–water partition coefficient (Wildman–Crippen LogP) is 2.59. The van der Waals surface area contributed by atoms with Crippen molar-refractivity contribution in [1.82, 2.24) is 5.32 Å². The van der Waals surface area contributed by atoms with Crippen molar-refractivity contribution in [1.29, 1.82) is 0 Å². The second-order valence-electron chi connectivity index (χ2n) is 4.77. The minimum atomic E-state index is 0.803. The fourth-order valence-electron chi connectivity index (χ4n) is 2.44. The van der Waals surface area contributed by atoms with Crippen molar-refractivity contribution < 1.29 is 0 Å². The molecule has 4 atom stereocenters. The van der Waals surface area contributed by atoms with Crippen molar-refractivity contribution in [2.45, 2.75) is 39.2 Å². The normalized spacial score (nSPS) is 38.5. The standard InChI is InChI=1S/C12H21N/c1-3-9(2)8-13-12-7-10-5-4-6-11(10)12/h4,6,9-13H,3,5,7-8H2,1-2H3. The topological polar surface area (TPSA) is 12.0 Å². The zero-order valence-electron chi connectivity index (χ0n) is 8.79. The fraction of sp³-hybridized carbons (Fsp3) is 0.833. The molecule has 0 amide bonds. The van der Waals surface area contributed by atoms with Gasteiger partial charge in [0.1, 0.15) is 0 Å². The first-order valence-electron chi connectivity index (χ1n) is 5.71. The first-order chi connectivity index (χ1) is 6.31. The van der Waals surface area contributed by atoms with Crippen LogP contribution in [0.1, 0.15) is 33.1 Å². The van der Waals surface area contributed by atoms with Gasteiger partial charge < -0.3 is 5.32 Å². The molecular weight excluding hydrogens is 158 g/mol. The Bertz CT molecular complexity index is 197. The van der Waals surface area contributed by atoms with Gasteiger partial charge in [0.05, 0.1) is 0 Å². The van der Waals surface area contributed by atoms with E-state index >= 15 is 0 Å².